The normalized spacial score (nSPS) is 10.5. The van der Waals surface area contributed by atoms with Crippen LogP contribution >= 0.6 is 11.6 Å². The second-order valence-electron chi connectivity index (χ2n) is 3.69. The smallest absolute Gasteiger partial charge is 0.312 e. The average Bonchev–Trinajstić information content (AvgIpc) is 2.68. The first-order valence-corrected chi connectivity index (χ1v) is 5.41. The quantitative estimate of drug-likeness (QED) is 0.910. The maximum atomic E-state index is 6.06. The summed E-state index contributed by atoms with van der Waals surface area (Å²) in [7, 11) is 0. The van der Waals surface area contributed by atoms with Crippen molar-refractivity contribution in [2.45, 2.75) is 20.5 Å². The molecule has 0 radical (unpaired) electrons. The summed E-state index contributed by atoms with van der Waals surface area (Å²) in [6.45, 7) is 4.12. The number of aryl methyl sites for hydroxylation is 2. The van der Waals surface area contributed by atoms with Gasteiger partial charge in [-0.2, -0.15) is 0 Å². The van der Waals surface area contributed by atoms with Crippen LogP contribution in [0.1, 0.15) is 17.0 Å². The van der Waals surface area contributed by atoms with Crippen molar-refractivity contribution in [3.8, 4) is 5.75 Å². The van der Waals surface area contributed by atoms with Gasteiger partial charge < -0.3 is 14.9 Å². The predicted octanol–water partition coefficient (Wildman–Crippen LogP) is 2.50. The van der Waals surface area contributed by atoms with Crippen molar-refractivity contribution in [3.63, 3.8) is 0 Å². The number of hydrogen-bond acceptors (Lipinski definition) is 5. The summed E-state index contributed by atoms with van der Waals surface area (Å²) >= 11 is 6.06. The largest absolute Gasteiger partial charge is 0.482 e. The molecule has 0 bridgehead atoms. The van der Waals surface area contributed by atoms with Crippen LogP contribution in [-0.2, 0) is 6.61 Å². The first kappa shape index (κ1) is 11.7. The van der Waals surface area contributed by atoms with Gasteiger partial charge in [-0.15, -0.1) is 5.10 Å². The minimum atomic E-state index is 0.0229. The molecule has 0 unspecified atom stereocenters. The zero-order chi connectivity index (χ0) is 12.4. The molecule has 0 atom stereocenters. The van der Waals surface area contributed by atoms with Gasteiger partial charge in [-0.05, 0) is 37.1 Å². The summed E-state index contributed by atoms with van der Waals surface area (Å²) in [6.07, 6.45) is 0. The van der Waals surface area contributed by atoms with Crippen LogP contribution < -0.4 is 10.5 Å². The van der Waals surface area contributed by atoms with Crippen molar-refractivity contribution < 1.29 is 9.15 Å². The predicted molar refractivity (Wildman–Crippen MR) is 64.0 cm³/mol. The highest BCUT2D eigenvalue weighted by Crippen LogP contribution is 2.28. The molecular formula is C11H12ClN3O2. The van der Waals surface area contributed by atoms with E-state index in [4.69, 9.17) is 26.5 Å². The molecule has 1 aromatic heterocycles. The second kappa shape index (κ2) is 4.63. The Kier molecular flexibility index (Phi) is 3.19. The third kappa shape index (κ3) is 2.68. The van der Waals surface area contributed by atoms with Gasteiger partial charge in [-0.1, -0.05) is 16.7 Å². The number of ether oxygens (including phenoxy) is 1. The van der Waals surface area contributed by atoms with E-state index in [1.54, 1.807) is 0 Å². The molecule has 1 aromatic carbocycles. The summed E-state index contributed by atoms with van der Waals surface area (Å²) < 4.78 is 10.5. The van der Waals surface area contributed by atoms with Crippen molar-refractivity contribution in [1.29, 1.82) is 0 Å². The Bertz CT molecular complexity index is 540. The number of anilines is 1. The molecule has 2 rings (SSSR count). The third-order valence-electron chi connectivity index (χ3n) is 2.38. The van der Waals surface area contributed by atoms with Gasteiger partial charge in [0, 0.05) is 0 Å². The Hall–Kier alpha value is -1.75. The molecule has 17 heavy (non-hydrogen) atoms. The molecule has 90 valence electrons. The number of benzene rings is 1. The maximum absolute atomic E-state index is 6.06. The van der Waals surface area contributed by atoms with Crippen molar-refractivity contribution in [3.05, 3.63) is 34.2 Å². The Morgan fingerprint density at radius 1 is 1.29 bits per heavy atom. The van der Waals surface area contributed by atoms with E-state index in [2.05, 4.69) is 10.2 Å². The molecule has 2 aromatic rings. The van der Waals surface area contributed by atoms with Crippen LogP contribution in [0.25, 0.3) is 0 Å². The highest BCUT2D eigenvalue weighted by molar-refractivity contribution is 6.32. The highest BCUT2D eigenvalue weighted by atomic mass is 35.5. The minimum absolute atomic E-state index is 0.0229. The van der Waals surface area contributed by atoms with E-state index in [0.29, 0.717) is 16.7 Å². The van der Waals surface area contributed by atoms with Gasteiger partial charge in [0.25, 0.3) is 5.89 Å². The zero-order valence-corrected chi connectivity index (χ0v) is 10.3. The zero-order valence-electron chi connectivity index (χ0n) is 9.53. The van der Waals surface area contributed by atoms with Crippen molar-refractivity contribution in [2.75, 3.05) is 5.73 Å². The number of rotatable bonds is 3. The van der Waals surface area contributed by atoms with Gasteiger partial charge in [0.1, 0.15) is 5.75 Å². The SMILES string of the molecule is Cc1cc(Cl)c(OCc2nnc(N)o2)cc1C. The summed E-state index contributed by atoms with van der Waals surface area (Å²) in [4.78, 5) is 0. The lowest BCUT2D eigenvalue weighted by molar-refractivity contribution is 0.265. The lowest BCUT2D eigenvalue weighted by Gasteiger charge is -2.08. The molecule has 1 heterocycles. The number of nitrogens with two attached hydrogens (primary N) is 1. The molecule has 5 nitrogen and oxygen atoms in total. The van der Waals surface area contributed by atoms with Crippen LogP contribution in [-0.4, -0.2) is 10.2 Å². The van der Waals surface area contributed by atoms with Gasteiger partial charge in [0.15, 0.2) is 6.61 Å². The molecule has 0 saturated carbocycles. The van der Waals surface area contributed by atoms with Crippen LogP contribution in [0.15, 0.2) is 16.5 Å². The van der Waals surface area contributed by atoms with Crippen LogP contribution in [0.3, 0.4) is 0 Å². The van der Waals surface area contributed by atoms with Gasteiger partial charge in [0.05, 0.1) is 5.02 Å². The Morgan fingerprint density at radius 2 is 2.00 bits per heavy atom. The van der Waals surface area contributed by atoms with E-state index in [-0.39, 0.29) is 12.6 Å². The first-order chi connectivity index (χ1) is 8.06. The molecule has 0 aliphatic rings. The van der Waals surface area contributed by atoms with Crippen molar-refractivity contribution in [2.24, 2.45) is 0 Å². The number of nitrogen functional groups attached to an aromatic ring is 1. The standard InChI is InChI=1S/C11H12ClN3O2/c1-6-3-8(12)9(4-7(6)2)16-5-10-14-15-11(13)17-10/h3-4H,5H2,1-2H3,(H2,13,15). The summed E-state index contributed by atoms with van der Waals surface area (Å²) in [5, 5.41) is 7.78. The Balaban J connectivity index is 2.11. The van der Waals surface area contributed by atoms with Crippen molar-refractivity contribution in [1.82, 2.24) is 10.2 Å². The average molecular weight is 254 g/mol. The lowest BCUT2D eigenvalue weighted by atomic mass is 10.1. The van der Waals surface area contributed by atoms with Crippen LogP contribution in [0, 0.1) is 13.8 Å². The number of halogens is 1. The number of aromatic nitrogens is 2. The van der Waals surface area contributed by atoms with Crippen LogP contribution in [0.5, 0.6) is 5.75 Å². The maximum Gasteiger partial charge on any atom is 0.312 e. The molecule has 0 aliphatic heterocycles. The third-order valence-corrected chi connectivity index (χ3v) is 2.68. The minimum Gasteiger partial charge on any atom is -0.482 e. The molecule has 0 spiro atoms. The molecule has 0 saturated heterocycles. The van der Waals surface area contributed by atoms with Crippen molar-refractivity contribution >= 4 is 17.6 Å². The van der Waals surface area contributed by atoms with E-state index < -0.39 is 0 Å². The Labute approximate surface area is 104 Å². The molecule has 0 fully saturated rings. The number of hydrogen-bond donors (Lipinski definition) is 1. The van der Waals surface area contributed by atoms with E-state index in [9.17, 15) is 0 Å². The van der Waals surface area contributed by atoms with Crippen LogP contribution in [0.2, 0.25) is 5.02 Å². The van der Waals surface area contributed by atoms with Gasteiger partial charge in [-0.25, -0.2) is 0 Å². The molecule has 2 N–H and O–H groups in total. The molecule has 6 heteroatoms. The van der Waals surface area contributed by atoms with E-state index in [1.165, 1.54) is 0 Å². The van der Waals surface area contributed by atoms with E-state index in [1.807, 2.05) is 26.0 Å². The molecule has 0 amide bonds. The monoisotopic (exact) mass is 253 g/mol. The molecular weight excluding hydrogens is 242 g/mol. The fraction of sp³-hybridized carbons (Fsp3) is 0.273. The van der Waals surface area contributed by atoms with Gasteiger partial charge >= 0.3 is 6.01 Å². The summed E-state index contributed by atoms with van der Waals surface area (Å²) in [5.74, 6) is 0.906. The highest BCUT2D eigenvalue weighted by Gasteiger charge is 2.08. The first-order valence-electron chi connectivity index (χ1n) is 5.03. The van der Waals surface area contributed by atoms with E-state index in [0.717, 1.165) is 11.1 Å². The molecule has 0 aliphatic carbocycles. The van der Waals surface area contributed by atoms with Gasteiger partial charge in [-0.3, -0.25) is 0 Å². The fourth-order valence-corrected chi connectivity index (χ4v) is 1.60. The second-order valence-corrected chi connectivity index (χ2v) is 4.10. The summed E-state index contributed by atoms with van der Waals surface area (Å²) in [6, 6.07) is 3.75. The van der Waals surface area contributed by atoms with E-state index >= 15 is 0 Å². The van der Waals surface area contributed by atoms with Crippen LogP contribution in [0.4, 0.5) is 6.01 Å². The fourth-order valence-electron chi connectivity index (χ4n) is 1.33. The summed E-state index contributed by atoms with van der Waals surface area (Å²) in [5.41, 5.74) is 7.52. The van der Waals surface area contributed by atoms with Gasteiger partial charge in [0.2, 0.25) is 0 Å². The topological polar surface area (TPSA) is 74.2 Å². The number of nitrogens with zero attached hydrogens (tertiary/aromatic N) is 2. The lowest BCUT2D eigenvalue weighted by Crippen LogP contribution is -1.97. The Morgan fingerprint density at radius 3 is 2.65 bits per heavy atom.